The zero-order chi connectivity index (χ0) is 26.7. The van der Waals surface area contributed by atoms with Gasteiger partial charge in [0.15, 0.2) is 0 Å². The molecule has 5 N–H and O–H groups in total. The van der Waals surface area contributed by atoms with Gasteiger partial charge in [0, 0.05) is 53.9 Å². The van der Waals surface area contributed by atoms with Crippen molar-refractivity contribution in [2.45, 2.75) is 32.4 Å². The summed E-state index contributed by atoms with van der Waals surface area (Å²) in [5.41, 5.74) is 10.7. The molecule has 1 aromatic heterocycles. The van der Waals surface area contributed by atoms with E-state index >= 15 is 0 Å². The van der Waals surface area contributed by atoms with Crippen LogP contribution in [0.3, 0.4) is 0 Å². The first-order valence-electron chi connectivity index (χ1n) is 12.1. The van der Waals surface area contributed by atoms with E-state index in [0.717, 1.165) is 33.5 Å². The van der Waals surface area contributed by atoms with Crippen molar-refractivity contribution in [3.63, 3.8) is 0 Å². The molecule has 1 heterocycles. The average Bonchev–Trinajstić information content (AvgIpc) is 3.50. The highest BCUT2D eigenvalue weighted by atomic mass is 79.9. The topological polar surface area (TPSA) is 123 Å². The fraction of sp³-hybridized carbons (Fsp3) is 0.333. The Hall–Kier alpha value is -3.34. The second-order valence-corrected chi connectivity index (χ2v) is 10.3. The van der Waals surface area contributed by atoms with Gasteiger partial charge in [0.1, 0.15) is 11.3 Å². The number of hydrogen-bond acceptors (Lipinski definition) is 7. The van der Waals surface area contributed by atoms with Crippen LogP contribution in [0.2, 0.25) is 0 Å². The van der Waals surface area contributed by atoms with Gasteiger partial charge in [0.05, 0.1) is 24.2 Å². The molecular formula is C27H33BrN6O3. The van der Waals surface area contributed by atoms with Gasteiger partial charge in [0.2, 0.25) is 0 Å². The average molecular weight is 570 g/mol. The third kappa shape index (κ3) is 6.33. The number of rotatable bonds is 11. The van der Waals surface area contributed by atoms with Gasteiger partial charge in [-0.15, -0.1) is 0 Å². The molecule has 0 bridgehead atoms. The summed E-state index contributed by atoms with van der Waals surface area (Å²) in [4.78, 5) is 14.2. The summed E-state index contributed by atoms with van der Waals surface area (Å²) in [7, 11) is 3.76. The number of nitrogens with two attached hydrogens (primary N) is 2. The predicted molar refractivity (Wildman–Crippen MR) is 146 cm³/mol. The van der Waals surface area contributed by atoms with Crippen molar-refractivity contribution in [2.75, 3.05) is 20.7 Å². The fourth-order valence-corrected chi connectivity index (χ4v) is 5.10. The monoisotopic (exact) mass is 568 g/mol. The molecule has 10 heteroatoms. The summed E-state index contributed by atoms with van der Waals surface area (Å²) in [5.74, 6) is 5.58. The number of ether oxygens (including phenoxy) is 1. The van der Waals surface area contributed by atoms with Crippen LogP contribution in [-0.4, -0.2) is 51.5 Å². The molecule has 3 aromatic rings. The molecule has 0 saturated heterocycles. The molecule has 0 spiro atoms. The zero-order valence-corrected chi connectivity index (χ0v) is 22.9. The standard InChI is InChI=1S/C27H33BrN6O3/c1-4-37-25-9-8-19(28)11-18(25)15-32(2)14-17-6-5-7-20(10-17)34-26(23(13-31-34)27(35)36)22-12-21(22)24(29)16-33(3)30/h5-11,13,16,21-22H,4,12,14-15,29-30H2,1-3H3,(H,35,36)/b24-16-/t21?,22-/m1/s1. The maximum atomic E-state index is 12.0. The molecule has 37 heavy (non-hydrogen) atoms. The summed E-state index contributed by atoms with van der Waals surface area (Å²) in [6.45, 7) is 3.99. The number of halogens is 1. The van der Waals surface area contributed by atoms with E-state index < -0.39 is 5.97 Å². The predicted octanol–water partition coefficient (Wildman–Crippen LogP) is 4.07. The van der Waals surface area contributed by atoms with Crippen LogP contribution in [0, 0.1) is 5.92 Å². The Morgan fingerprint density at radius 1 is 1.27 bits per heavy atom. The van der Waals surface area contributed by atoms with Gasteiger partial charge in [-0.2, -0.15) is 5.10 Å². The smallest absolute Gasteiger partial charge is 0.339 e. The molecular weight excluding hydrogens is 536 g/mol. The number of carbonyl (C=O) groups is 1. The summed E-state index contributed by atoms with van der Waals surface area (Å²) in [6.07, 6.45) is 3.84. The van der Waals surface area contributed by atoms with Crippen LogP contribution in [0.15, 0.2) is 65.0 Å². The Morgan fingerprint density at radius 3 is 2.76 bits per heavy atom. The van der Waals surface area contributed by atoms with Crippen molar-refractivity contribution in [2.24, 2.45) is 17.5 Å². The lowest BCUT2D eigenvalue weighted by molar-refractivity contribution is 0.0695. The Morgan fingerprint density at radius 2 is 2.05 bits per heavy atom. The minimum absolute atomic E-state index is 0.0265. The second kappa shape index (κ2) is 11.4. The van der Waals surface area contributed by atoms with E-state index in [0.29, 0.717) is 31.1 Å². The normalized spacial score (nSPS) is 17.2. The highest BCUT2D eigenvalue weighted by Gasteiger charge is 2.45. The molecule has 9 nitrogen and oxygen atoms in total. The van der Waals surface area contributed by atoms with Gasteiger partial charge in [-0.25, -0.2) is 15.3 Å². The minimum atomic E-state index is -1.000. The number of carboxylic acids is 1. The molecule has 0 aliphatic heterocycles. The first-order chi connectivity index (χ1) is 17.7. The quantitative estimate of drug-likeness (QED) is 0.233. The van der Waals surface area contributed by atoms with Crippen LogP contribution >= 0.6 is 15.9 Å². The van der Waals surface area contributed by atoms with Gasteiger partial charge >= 0.3 is 5.97 Å². The molecule has 196 valence electrons. The number of hydrogen-bond donors (Lipinski definition) is 3. The van der Waals surface area contributed by atoms with Crippen LogP contribution < -0.4 is 16.3 Å². The Bertz CT molecular complexity index is 1310. The van der Waals surface area contributed by atoms with E-state index in [1.807, 2.05) is 37.3 Å². The van der Waals surface area contributed by atoms with Crippen LogP contribution in [0.5, 0.6) is 5.75 Å². The van der Waals surface area contributed by atoms with E-state index in [4.69, 9.17) is 16.3 Å². The molecule has 4 rings (SSSR count). The fourth-order valence-electron chi connectivity index (χ4n) is 4.69. The third-order valence-electron chi connectivity index (χ3n) is 6.33. The second-order valence-electron chi connectivity index (χ2n) is 9.43. The van der Waals surface area contributed by atoms with Crippen molar-refractivity contribution in [3.8, 4) is 11.4 Å². The van der Waals surface area contributed by atoms with E-state index in [-0.39, 0.29) is 17.4 Å². The van der Waals surface area contributed by atoms with Gasteiger partial charge < -0.3 is 20.6 Å². The number of nitrogens with zero attached hydrogens (tertiary/aromatic N) is 4. The number of allylic oxidation sites excluding steroid dienone is 1. The SMILES string of the molecule is CCOc1ccc(Br)cc1CN(C)Cc1cccc(-n2ncc(C(=O)O)c2[C@@H]2CC2/C(N)=C/N(C)N)c1. The van der Waals surface area contributed by atoms with Crippen LogP contribution in [0.25, 0.3) is 5.69 Å². The summed E-state index contributed by atoms with van der Waals surface area (Å²) in [6, 6.07) is 14.1. The zero-order valence-electron chi connectivity index (χ0n) is 21.3. The van der Waals surface area contributed by atoms with Crippen molar-refractivity contribution in [1.29, 1.82) is 0 Å². The molecule has 1 aliphatic rings. The highest BCUT2D eigenvalue weighted by molar-refractivity contribution is 9.10. The Labute approximate surface area is 225 Å². The van der Waals surface area contributed by atoms with Gasteiger partial charge in [0.25, 0.3) is 0 Å². The molecule has 2 atom stereocenters. The van der Waals surface area contributed by atoms with Crippen LogP contribution in [-0.2, 0) is 13.1 Å². The van der Waals surface area contributed by atoms with Gasteiger partial charge in [-0.05, 0) is 56.3 Å². The molecule has 0 radical (unpaired) electrons. The summed E-state index contributed by atoms with van der Waals surface area (Å²) < 4.78 is 8.54. The molecule has 0 amide bonds. The van der Waals surface area contributed by atoms with Gasteiger partial charge in [-0.1, -0.05) is 28.1 Å². The molecule has 2 aromatic carbocycles. The maximum absolute atomic E-state index is 12.0. The number of aromatic carboxylic acids is 1. The van der Waals surface area contributed by atoms with Crippen molar-refractivity contribution in [3.05, 3.63) is 87.4 Å². The molecule has 1 fully saturated rings. The van der Waals surface area contributed by atoms with Gasteiger partial charge in [-0.3, -0.25) is 4.90 Å². The molecule has 1 saturated carbocycles. The van der Waals surface area contributed by atoms with Crippen molar-refractivity contribution in [1.82, 2.24) is 19.7 Å². The maximum Gasteiger partial charge on any atom is 0.339 e. The Balaban J connectivity index is 1.57. The lowest BCUT2D eigenvalue weighted by atomic mass is 10.1. The van der Waals surface area contributed by atoms with E-state index in [1.54, 1.807) is 17.9 Å². The lowest BCUT2D eigenvalue weighted by Crippen LogP contribution is -2.21. The molecule has 1 aliphatic carbocycles. The number of carboxylic acid groups (broad SMARTS) is 1. The summed E-state index contributed by atoms with van der Waals surface area (Å²) in [5, 5.41) is 15.7. The highest BCUT2D eigenvalue weighted by Crippen LogP contribution is 2.51. The van der Waals surface area contributed by atoms with Crippen molar-refractivity contribution >= 4 is 21.9 Å². The minimum Gasteiger partial charge on any atom is -0.494 e. The number of benzene rings is 2. The van der Waals surface area contributed by atoms with Crippen LogP contribution in [0.4, 0.5) is 0 Å². The van der Waals surface area contributed by atoms with E-state index in [1.165, 1.54) is 11.2 Å². The largest absolute Gasteiger partial charge is 0.494 e. The van der Waals surface area contributed by atoms with E-state index in [2.05, 4.69) is 45.1 Å². The van der Waals surface area contributed by atoms with E-state index in [9.17, 15) is 9.90 Å². The number of aromatic nitrogens is 2. The van der Waals surface area contributed by atoms with Crippen LogP contribution in [0.1, 0.15) is 46.4 Å². The Kier molecular flexibility index (Phi) is 8.21. The lowest BCUT2D eigenvalue weighted by Gasteiger charge is -2.20. The number of hydrazine groups is 1. The van der Waals surface area contributed by atoms with Crippen molar-refractivity contribution < 1.29 is 14.6 Å². The third-order valence-corrected chi connectivity index (χ3v) is 6.82. The first kappa shape index (κ1) is 26.7. The summed E-state index contributed by atoms with van der Waals surface area (Å²) >= 11 is 3.55. The molecule has 1 unspecified atom stereocenters. The first-order valence-corrected chi connectivity index (χ1v) is 12.9.